The van der Waals surface area contributed by atoms with Gasteiger partial charge < -0.3 is 9.84 Å². The normalized spacial score (nSPS) is 14.1. The number of aliphatic hydroxyl groups is 1. The van der Waals surface area contributed by atoms with E-state index in [-0.39, 0.29) is 27.3 Å². The SMILES string of the molecule is C=CC(COC(O)=[N+](C)NCNC)[I+]C. The second-order valence-electron chi connectivity index (χ2n) is 2.81. The molecule has 0 saturated carbocycles. The van der Waals surface area contributed by atoms with Gasteiger partial charge in [0.1, 0.15) is 18.2 Å². The topological polar surface area (TPSA) is 56.5 Å². The van der Waals surface area contributed by atoms with Gasteiger partial charge in [0.05, 0.1) is 0 Å². The Morgan fingerprint density at radius 2 is 2.40 bits per heavy atom. The van der Waals surface area contributed by atoms with E-state index in [1.54, 1.807) is 7.05 Å². The molecular formula is C9H20IN3O2+2. The summed E-state index contributed by atoms with van der Waals surface area (Å²) in [5, 5.41) is 12.4. The first-order valence-corrected chi connectivity index (χ1v) is 7.97. The van der Waals surface area contributed by atoms with Crippen LogP contribution in [0, 0.1) is 0 Å². The van der Waals surface area contributed by atoms with Crippen molar-refractivity contribution in [1.82, 2.24) is 10.7 Å². The molecule has 1 atom stereocenters. The Hall–Kier alpha value is -0.500. The van der Waals surface area contributed by atoms with E-state index >= 15 is 0 Å². The number of nitrogens with zero attached hydrogens (tertiary/aromatic N) is 1. The van der Waals surface area contributed by atoms with E-state index in [0.717, 1.165) is 0 Å². The van der Waals surface area contributed by atoms with Gasteiger partial charge in [-0.25, -0.2) is 0 Å². The van der Waals surface area contributed by atoms with Crippen LogP contribution < -0.4 is 31.9 Å². The highest BCUT2D eigenvalue weighted by Crippen LogP contribution is 1.80. The Bertz CT molecular complexity index is 221. The highest BCUT2D eigenvalue weighted by molar-refractivity contribution is 5.57. The molecule has 0 saturated heterocycles. The van der Waals surface area contributed by atoms with Crippen LogP contribution in [0.1, 0.15) is 0 Å². The lowest BCUT2D eigenvalue weighted by molar-refractivity contribution is -0.655. The smallest absolute Gasteiger partial charge is 0.428 e. The van der Waals surface area contributed by atoms with Crippen molar-refractivity contribution in [2.24, 2.45) is 0 Å². The fraction of sp³-hybridized carbons (Fsp3) is 0.667. The molecule has 0 radical (unpaired) electrons. The van der Waals surface area contributed by atoms with E-state index in [2.05, 4.69) is 22.3 Å². The lowest BCUT2D eigenvalue weighted by Gasteiger charge is -2.03. The predicted octanol–water partition coefficient (Wildman–Crippen LogP) is -3.49. The van der Waals surface area contributed by atoms with Gasteiger partial charge in [-0.1, -0.05) is 6.58 Å². The zero-order valence-corrected chi connectivity index (χ0v) is 11.6. The minimum atomic E-state index is -0.116. The zero-order valence-electron chi connectivity index (χ0n) is 9.46. The van der Waals surface area contributed by atoms with Crippen molar-refractivity contribution in [3.05, 3.63) is 12.7 Å². The summed E-state index contributed by atoms with van der Waals surface area (Å²) in [6, 6.07) is 0. The van der Waals surface area contributed by atoms with Gasteiger partial charge in [-0.05, 0) is 17.8 Å². The summed E-state index contributed by atoms with van der Waals surface area (Å²) in [6.45, 7) is 4.78. The van der Waals surface area contributed by atoms with Crippen molar-refractivity contribution in [2.45, 2.75) is 3.92 Å². The van der Waals surface area contributed by atoms with Crippen LogP contribution in [-0.2, 0) is 4.74 Å². The van der Waals surface area contributed by atoms with Crippen molar-refractivity contribution in [3.63, 3.8) is 0 Å². The molecule has 0 spiro atoms. The molecule has 0 bridgehead atoms. The highest BCUT2D eigenvalue weighted by atomic mass is 127. The molecular weight excluding hydrogens is 309 g/mol. The first kappa shape index (κ1) is 14.5. The molecule has 1 unspecified atom stereocenters. The van der Waals surface area contributed by atoms with Gasteiger partial charge in [0.2, 0.25) is 3.92 Å². The quantitative estimate of drug-likeness (QED) is 0.0664. The molecule has 0 aromatic carbocycles. The maximum atomic E-state index is 9.49. The molecule has 0 aliphatic rings. The zero-order chi connectivity index (χ0) is 11.7. The van der Waals surface area contributed by atoms with Crippen LogP contribution in [0.4, 0.5) is 0 Å². The molecule has 15 heavy (non-hydrogen) atoms. The van der Waals surface area contributed by atoms with Crippen LogP contribution in [0.3, 0.4) is 0 Å². The third-order valence-corrected chi connectivity index (χ3v) is 4.16. The van der Waals surface area contributed by atoms with Crippen LogP contribution in [0.2, 0.25) is 0 Å². The summed E-state index contributed by atoms with van der Waals surface area (Å²) < 4.78 is 7.02. The molecule has 0 aliphatic heterocycles. The molecule has 0 fully saturated rings. The standard InChI is InChI=1S/C9H19IN3O2/c1-5-8(10-2)6-15-9(14)13(4)12-7-11-3/h5,8,11-12H,1,6-7H2,2-4H3/q+1/p+1. The van der Waals surface area contributed by atoms with Crippen molar-refractivity contribution in [2.75, 3.05) is 32.3 Å². The van der Waals surface area contributed by atoms with E-state index in [4.69, 9.17) is 4.74 Å². The number of rotatable bonds is 7. The maximum absolute atomic E-state index is 9.49. The summed E-state index contributed by atoms with van der Waals surface area (Å²) in [4.78, 5) is 2.16. The number of nitrogens with one attached hydrogen (secondary N) is 2. The van der Waals surface area contributed by atoms with Crippen molar-refractivity contribution < 1.29 is 35.7 Å². The Morgan fingerprint density at radius 3 is 2.87 bits per heavy atom. The lowest BCUT2D eigenvalue weighted by Crippen LogP contribution is -3.64. The number of aliphatic hydroxyl groups excluding tert-OH is 1. The van der Waals surface area contributed by atoms with Crippen LogP contribution in [-0.4, -0.2) is 52.1 Å². The van der Waals surface area contributed by atoms with Gasteiger partial charge in [-0.15, -0.1) is 0 Å². The fourth-order valence-electron chi connectivity index (χ4n) is 0.736. The fourth-order valence-corrected chi connectivity index (χ4v) is 1.78. The van der Waals surface area contributed by atoms with E-state index in [0.29, 0.717) is 17.2 Å². The summed E-state index contributed by atoms with van der Waals surface area (Å²) in [5.74, 6) is 0. The minimum Gasteiger partial charge on any atom is -0.428 e. The average Bonchev–Trinajstić information content (AvgIpc) is 2.26. The Labute approximate surface area is 101 Å². The van der Waals surface area contributed by atoms with Crippen molar-refractivity contribution in [3.8, 4) is 0 Å². The number of ether oxygens (including phenoxy) is 1. The Kier molecular flexibility index (Phi) is 8.49. The van der Waals surface area contributed by atoms with Gasteiger partial charge >= 0.3 is 6.08 Å². The number of halogens is 1. The van der Waals surface area contributed by atoms with E-state index in [1.165, 1.54) is 4.68 Å². The van der Waals surface area contributed by atoms with Gasteiger partial charge in [-0.3, -0.25) is 5.32 Å². The highest BCUT2D eigenvalue weighted by Gasteiger charge is 2.19. The first-order chi connectivity index (χ1) is 7.15. The molecule has 5 nitrogen and oxygen atoms in total. The van der Waals surface area contributed by atoms with Gasteiger partial charge in [0.25, 0.3) is 21.2 Å². The molecule has 0 aromatic heterocycles. The first-order valence-electron chi connectivity index (χ1n) is 4.56. The second kappa shape index (κ2) is 8.78. The van der Waals surface area contributed by atoms with Gasteiger partial charge in [-0.2, -0.15) is 5.43 Å². The molecule has 0 aliphatic carbocycles. The summed E-state index contributed by atoms with van der Waals surface area (Å²) in [7, 11) is 3.50. The monoisotopic (exact) mass is 329 g/mol. The van der Waals surface area contributed by atoms with E-state index < -0.39 is 0 Å². The maximum Gasteiger partial charge on any atom is 0.576 e. The number of hydrogen-bond acceptors (Lipinski definition) is 3. The molecule has 0 aromatic rings. The van der Waals surface area contributed by atoms with Crippen LogP contribution in [0.25, 0.3) is 0 Å². The van der Waals surface area contributed by atoms with Crippen molar-refractivity contribution in [1.29, 1.82) is 0 Å². The van der Waals surface area contributed by atoms with Crippen LogP contribution >= 0.6 is 0 Å². The second-order valence-corrected chi connectivity index (χ2v) is 5.66. The number of alkyl halides is 2. The Balaban J connectivity index is 3.98. The number of hydrazone groups is 1. The number of hydrazine groups is 1. The summed E-state index contributed by atoms with van der Waals surface area (Å²) >= 11 is 0.0594. The predicted molar refractivity (Wildman–Crippen MR) is 56.7 cm³/mol. The summed E-state index contributed by atoms with van der Waals surface area (Å²) in [6.07, 6.45) is 1.76. The largest absolute Gasteiger partial charge is 0.576 e. The Morgan fingerprint density at radius 1 is 1.73 bits per heavy atom. The third-order valence-electron chi connectivity index (χ3n) is 1.69. The van der Waals surface area contributed by atoms with E-state index in [9.17, 15) is 5.11 Å². The lowest BCUT2D eigenvalue weighted by atomic mass is 10.5. The van der Waals surface area contributed by atoms with Crippen LogP contribution in [0.15, 0.2) is 12.7 Å². The molecule has 0 amide bonds. The average molecular weight is 329 g/mol. The van der Waals surface area contributed by atoms with Gasteiger partial charge in [0, 0.05) is 0 Å². The van der Waals surface area contributed by atoms with Crippen molar-refractivity contribution >= 4 is 6.08 Å². The number of hydrogen-bond donors (Lipinski definition) is 3. The molecule has 3 N–H and O–H groups in total. The van der Waals surface area contributed by atoms with Crippen LogP contribution in [0.5, 0.6) is 0 Å². The summed E-state index contributed by atoms with van der Waals surface area (Å²) in [5.41, 5.74) is 2.89. The van der Waals surface area contributed by atoms with Gasteiger partial charge in [0.15, 0.2) is 7.05 Å². The molecule has 0 heterocycles. The molecule has 0 rings (SSSR count). The van der Waals surface area contributed by atoms with E-state index in [1.807, 2.05) is 13.1 Å². The molecule has 88 valence electrons. The third kappa shape index (κ3) is 6.56. The molecule has 6 heteroatoms. The minimum absolute atomic E-state index is 0.0594.